The molecule has 0 bridgehead atoms. The fourth-order valence-electron chi connectivity index (χ4n) is 3.56. The van der Waals surface area contributed by atoms with E-state index in [1.54, 1.807) is 12.1 Å². The highest BCUT2D eigenvalue weighted by Crippen LogP contribution is 2.42. The summed E-state index contributed by atoms with van der Waals surface area (Å²) in [6, 6.07) is 9.43. The highest BCUT2D eigenvalue weighted by molar-refractivity contribution is 6.51. The molecule has 1 amide bonds. The Kier molecular flexibility index (Phi) is 5.40. The summed E-state index contributed by atoms with van der Waals surface area (Å²) in [6.45, 7) is 0. The zero-order valence-electron chi connectivity index (χ0n) is 16.6. The number of carbonyl (C=O) groups excluding carboxylic acids is 2. The van der Waals surface area contributed by atoms with Gasteiger partial charge in [-0.05, 0) is 42.5 Å². The van der Waals surface area contributed by atoms with Crippen LogP contribution in [0.25, 0.3) is 5.76 Å². The summed E-state index contributed by atoms with van der Waals surface area (Å²) in [5.41, 5.74) is -0.501. The van der Waals surface area contributed by atoms with Gasteiger partial charge in [-0.15, -0.1) is 0 Å². The molecule has 3 aromatic rings. The van der Waals surface area contributed by atoms with E-state index in [1.807, 2.05) is 0 Å². The Morgan fingerprint density at radius 1 is 1.03 bits per heavy atom. The molecule has 1 aliphatic heterocycles. The maximum Gasteiger partial charge on any atom is 0.300 e. The van der Waals surface area contributed by atoms with E-state index < -0.39 is 46.5 Å². The van der Waals surface area contributed by atoms with Crippen molar-refractivity contribution < 1.29 is 32.6 Å². The van der Waals surface area contributed by atoms with Gasteiger partial charge in [-0.25, -0.2) is 13.2 Å². The number of aromatic nitrogens is 1. The maximum atomic E-state index is 13.9. The molecule has 0 radical (unpaired) electrons. The van der Waals surface area contributed by atoms with Gasteiger partial charge in [-0.3, -0.25) is 19.5 Å². The first kappa shape index (κ1) is 21.1. The van der Waals surface area contributed by atoms with Crippen molar-refractivity contribution in [3.63, 3.8) is 0 Å². The van der Waals surface area contributed by atoms with Crippen LogP contribution in [0.5, 0.6) is 5.75 Å². The summed E-state index contributed by atoms with van der Waals surface area (Å²) in [4.78, 5) is 31.0. The van der Waals surface area contributed by atoms with Gasteiger partial charge in [-0.1, -0.05) is 6.07 Å². The molecule has 4 rings (SSSR count). The number of amides is 1. The zero-order valence-corrected chi connectivity index (χ0v) is 16.6. The first-order chi connectivity index (χ1) is 15.3. The van der Waals surface area contributed by atoms with Gasteiger partial charge in [-0.2, -0.15) is 0 Å². The lowest BCUT2D eigenvalue weighted by Crippen LogP contribution is -2.30. The van der Waals surface area contributed by atoms with Crippen molar-refractivity contribution in [2.75, 3.05) is 12.0 Å². The molecule has 1 aliphatic rings. The van der Waals surface area contributed by atoms with E-state index in [1.165, 1.54) is 25.4 Å². The molecule has 9 heteroatoms. The molecule has 1 unspecified atom stereocenters. The number of pyridine rings is 1. The second-order valence-corrected chi connectivity index (χ2v) is 6.87. The molecule has 32 heavy (non-hydrogen) atoms. The van der Waals surface area contributed by atoms with Crippen molar-refractivity contribution in [3.8, 4) is 5.75 Å². The van der Waals surface area contributed by atoms with Gasteiger partial charge in [0.2, 0.25) is 0 Å². The minimum absolute atomic E-state index is 0.0581. The Labute approximate surface area is 180 Å². The monoisotopic (exact) mass is 440 g/mol. The molecule has 2 heterocycles. The molecule has 1 fully saturated rings. The number of ketones is 1. The average molecular weight is 440 g/mol. The zero-order chi connectivity index (χ0) is 23.0. The van der Waals surface area contributed by atoms with E-state index in [4.69, 9.17) is 4.74 Å². The van der Waals surface area contributed by atoms with Crippen LogP contribution < -0.4 is 9.64 Å². The molecule has 0 saturated carbocycles. The number of carbonyl (C=O) groups is 2. The SMILES string of the molecule is COc1ccc(F)cc1/C(O)=C1\C(=O)C(=O)N(c2ccc(F)c(F)c2)C1c1ccccn1. The van der Waals surface area contributed by atoms with Crippen molar-refractivity contribution in [1.82, 2.24) is 4.98 Å². The van der Waals surface area contributed by atoms with Crippen molar-refractivity contribution in [1.29, 1.82) is 0 Å². The van der Waals surface area contributed by atoms with Crippen LogP contribution in [0.2, 0.25) is 0 Å². The number of halogens is 3. The third-order valence-corrected chi connectivity index (χ3v) is 5.01. The van der Waals surface area contributed by atoms with Crippen LogP contribution in [0, 0.1) is 17.5 Å². The number of anilines is 1. The second kappa shape index (κ2) is 8.18. The van der Waals surface area contributed by atoms with E-state index in [0.29, 0.717) is 0 Å². The van der Waals surface area contributed by atoms with Gasteiger partial charge in [0.15, 0.2) is 11.6 Å². The summed E-state index contributed by atoms with van der Waals surface area (Å²) in [5, 5.41) is 11.0. The third-order valence-electron chi connectivity index (χ3n) is 5.01. The molecule has 1 atom stereocenters. The molecule has 1 saturated heterocycles. The average Bonchev–Trinajstić information content (AvgIpc) is 3.06. The minimum Gasteiger partial charge on any atom is -0.507 e. The summed E-state index contributed by atoms with van der Waals surface area (Å²) in [5.74, 6) is -5.90. The molecule has 6 nitrogen and oxygen atoms in total. The van der Waals surface area contributed by atoms with Crippen LogP contribution in [-0.4, -0.2) is 28.9 Å². The fourth-order valence-corrected chi connectivity index (χ4v) is 3.56. The molecule has 1 N–H and O–H groups in total. The number of hydrogen-bond donors (Lipinski definition) is 1. The van der Waals surface area contributed by atoms with Crippen LogP contribution in [-0.2, 0) is 9.59 Å². The van der Waals surface area contributed by atoms with Crippen molar-refractivity contribution in [2.24, 2.45) is 0 Å². The normalized spacial score (nSPS) is 17.6. The van der Waals surface area contributed by atoms with E-state index in [9.17, 15) is 27.9 Å². The molecule has 1 aromatic heterocycles. The topological polar surface area (TPSA) is 79.7 Å². The lowest BCUT2D eigenvalue weighted by molar-refractivity contribution is -0.132. The van der Waals surface area contributed by atoms with E-state index >= 15 is 0 Å². The molecule has 0 aliphatic carbocycles. The Morgan fingerprint density at radius 2 is 1.81 bits per heavy atom. The molecule has 162 valence electrons. The second-order valence-electron chi connectivity index (χ2n) is 6.87. The quantitative estimate of drug-likeness (QED) is 0.375. The van der Waals surface area contributed by atoms with Crippen molar-refractivity contribution >= 4 is 23.1 Å². The number of Topliss-reactive ketones (excluding diaryl/α,β-unsaturated/α-hetero) is 1. The Hall–Kier alpha value is -4.14. The van der Waals surface area contributed by atoms with Crippen molar-refractivity contribution in [2.45, 2.75) is 6.04 Å². The number of rotatable bonds is 4. The molecule has 2 aromatic carbocycles. The molecular formula is C23H15F3N2O4. The first-order valence-corrected chi connectivity index (χ1v) is 9.34. The number of aliphatic hydroxyl groups excluding tert-OH is 1. The molecule has 0 spiro atoms. The van der Waals surface area contributed by atoms with E-state index in [2.05, 4.69) is 4.98 Å². The predicted molar refractivity (Wildman–Crippen MR) is 108 cm³/mol. The Morgan fingerprint density at radius 3 is 2.47 bits per heavy atom. The van der Waals surface area contributed by atoms with Crippen LogP contribution in [0.3, 0.4) is 0 Å². The Balaban J connectivity index is 1.98. The lowest BCUT2D eigenvalue weighted by Gasteiger charge is -2.24. The van der Waals surface area contributed by atoms with Crippen molar-refractivity contribution in [3.05, 3.63) is 95.1 Å². The summed E-state index contributed by atoms with van der Waals surface area (Å²) >= 11 is 0. The lowest BCUT2D eigenvalue weighted by atomic mass is 9.97. The van der Waals surface area contributed by atoms with Crippen LogP contribution in [0.15, 0.2) is 66.4 Å². The van der Waals surface area contributed by atoms with Gasteiger partial charge in [0, 0.05) is 18.0 Å². The van der Waals surface area contributed by atoms with Gasteiger partial charge in [0.05, 0.1) is 23.9 Å². The largest absolute Gasteiger partial charge is 0.507 e. The van der Waals surface area contributed by atoms with Crippen LogP contribution in [0.4, 0.5) is 18.9 Å². The number of methoxy groups -OCH3 is 1. The minimum atomic E-state index is -1.28. The fraction of sp³-hybridized carbons (Fsp3) is 0.0870. The number of hydrogen-bond acceptors (Lipinski definition) is 5. The summed E-state index contributed by atoms with van der Waals surface area (Å²) in [7, 11) is 1.29. The molecular weight excluding hydrogens is 425 g/mol. The number of ether oxygens (including phenoxy) is 1. The summed E-state index contributed by atoms with van der Waals surface area (Å²) in [6.07, 6.45) is 1.41. The van der Waals surface area contributed by atoms with Crippen LogP contribution in [0.1, 0.15) is 17.3 Å². The van der Waals surface area contributed by atoms with Crippen LogP contribution >= 0.6 is 0 Å². The highest BCUT2D eigenvalue weighted by Gasteiger charge is 2.48. The Bertz CT molecular complexity index is 1260. The third kappa shape index (κ3) is 3.47. The van der Waals surface area contributed by atoms with Gasteiger partial charge >= 0.3 is 0 Å². The number of aliphatic hydroxyl groups is 1. The summed E-state index contributed by atoms with van der Waals surface area (Å²) < 4.78 is 46.4. The van der Waals surface area contributed by atoms with E-state index in [0.717, 1.165) is 35.2 Å². The van der Waals surface area contributed by atoms with Gasteiger partial charge in [0.25, 0.3) is 11.7 Å². The number of benzene rings is 2. The smallest absolute Gasteiger partial charge is 0.300 e. The predicted octanol–water partition coefficient (Wildman–Crippen LogP) is 4.13. The highest BCUT2D eigenvalue weighted by atomic mass is 19.2. The first-order valence-electron chi connectivity index (χ1n) is 9.34. The number of nitrogens with zero attached hydrogens (tertiary/aromatic N) is 2. The van der Waals surface area contributed by atoms with Gasteiger partial charge < -0.3 is 9.84 Å². The standard InChI is InChI=1S/C23H15F3N2O4/c1-32-18-8-5-12(24)10-14(18)21(29)19-20(17-4-2-3-9-27-17)28(23(31)22(19)30)13-6-7-15(25)16(26)11-13/h2-11,20,29H,1H3/b21-19+. The maximum absolute atomic E-state index is 13.9. The van der Waals surface area contributed by atoms with E-state index in [-0.39, 0.29) is 22.7 Å². The van der Waals surface area contributed by atoms with Gasteiger partial charge in [0.1, 0.15) is 23.4 Å².